The number of hydrogen-bond donors (Lipinski definition) is 0. The second-order valence-electron chi connectivity index (χ2n) is 5.45. The smallest absolute Gasteiger partial charge is 0.126 e. The molecule has 0 aliphatic heterocycles. The van der Waals surface area contributed by atoms with Crippen molar-refractivity contribution in [3.63, 3.8) is 0 Å². The highest BCUT2D eigenvalue weighted by Crippen LogP contribution is 2.30. The van der Waals surface area contributed by atoms with E-state index in [0.29, 0.717) is 0 Å². The predicted octanol–water partition coefficient (Wildman–Crippen LogP) is 4.89. The minimum Gasteiger partial charge on any atom is -0.234 e. The average Bonchev–Trinajstić information content (AvgIpc) is 3.00. The Balaban J connectivity index is 1.91. The second kappa shape index (κ2) is 7.97. The summed E-state index contributed by atoms with van der Waals surface area (Å²) in [6, 6.07) is 20.7. The molecule has 0 amide bonds. The second-order valence-corrected chi connectivity index (χ2v) is 6.54. The van der Waals surface area contributed by atoms with Gasteiger partial charge in [0.15, 0.2) is 0 Å². The molecule has 0 aliphatic carbocycles. The number of nitrogens with zero attached hydrogens (tertiary/aromatic N) is 3. The van der Waals surface area contributed by atoms with E-state index in [1.165, 1.54) is 18.4 Å². The highest BCUT2D eigenvalue weighted by atomic mass is 32.2. The lowest BCUT2D eigenvalue weighted by Crippen LogP contribution is -2.03. The van der Waals surface area contributed by atoms with Gasteiger partial charge >= 0.3 is 0 Å². The van der Waals surface area contributed by atoms with E-state index in [2.05, 4.69) is 53.6 Å². The Kier molecular flexibility index (Phi) is 5.48. The van der Waals surface area contributed by atoms with Crippen molar-refractivity contribution in [1.82, 2.24) is 15.0 Å². The van der Waals surface area contributed by atoms with Crippen LogP contribution >= 0.6 is 11.8 Å². The van der Waals surface area contributed by atoms with Crippen molar-refractivity contribution in [3.05, 3.63) is 66.2 Å². The van der Waals surface area contributed by atoms with Gasteiger partial charge in [0.25, 0.3) is 0 Å². The van der Waals surface area contributed by atoms with Crippen LogP contribution in [0, 0.1) is 0 Å². The van der Waals surface area contributed by atoms with Gasteiger partial charge in [-0.1, -0.05) is 79.2 Å². The standard InChI is InChI=1S/C19H21N3S/c1-2-3-14-23-19-18(17-12-8-5-9-13-17)20-21-22(19)15-16-10-6-4-7-11-16/h4-13H,2-3,14-15H2,1H3. The van der Waals surface area contributed by atoms with Gasteiger partial charge in [-0.2, -0.15) is 0 Å². The first-order valence-electron chi connectivity index (χ1n) is 8.04. The summed E-state index contributed by atoms with van der Waals surface area (Å²) in [4.78, 5) is 0. The maximum atomic E-state index is 4.45. The van der Waals surface area contributed by atoms with E-state index in [1.807, 2.05) is 40.7 Å². The van der Waals surface area contributed by atoms with Crippen LogP contribution in [0.25, 0.3) is 11.3 Å². The maximum Gasteiger partial charge on any atom is 0.126 e. The molecule has 0 fully saturated rings. The molecule has 3 rings (SSSR count). The van der Waals surface area contributed by atoms with Gasteiger partial charge in [0.1, 0.15) is 10.7 Å². The van der Waals surface area contributed by atoms with E-state index in [9.17, 15) is 0 Å². The monoisotopic (exact) mass is 323 g/mol. The van der Waals surface area contributed by atoms with Crippen molar-refractivity contribution in [3.8, 4) is 11.3 Å². The fourth-order valence-electron chi connectivity index (χ4n) is 2.40. The van der Waals surface area contributed by atoms with Crippen LogP contribution in [0.5, 0.6) is 0 Å². The van der Waals surface area contributed by atoms with Gasteiger partial charge in [-0.3, -0.25) is 0 Å². The summed E-state index contributed by atoms with van der Waals surface area (Å²) >= 11 is 1.86. The molecule has 3 aromatic rings. The van der Waals surface area contributed by atoms with Crippen molar-refractivity contribution >= 4 is 11.8 Å². The largest absolute Gasteiger partial charge is 0.234 e. The number of benzene rings is 2. The third-order valence-corrected chi connectivity index (χ3v) is 4.82. The fraction of sp³-hybridized carbons (Fsp3) is 0.263. The van der Waals surface area contributed by atoms with Crippen LogP contribution in [0.4, 0.5) is 0 Å². The van der Waals surface area contributed by atoms with Gasteiger partial charge in [0.05, 0.1) is 6.54 Å². The van der Waals surface area contributed by atoms with Crippen LogP contribution in [0.15, 0.2) is 65.7 Å². The molecule has 0 saturated heterocycles. The number of rotatable bonds is 7. The average molecular weight is 323 g/mol. The van der Waals surface area contributed by atoms with Crippen LogP contribution < -0.4 is 0 Å². The zero-order chi connectivity index (χ0) is 15.9. The van der Waals surface area contributed by atoms with Crippen molar-refractivity contribution < 1.29 is 0 Å². The summed E-state index contributed by atoms with van der Waals surface area (Å²) in [6.45, 7) is 2.98. The van der Waals surface area contributed by atoms with Crippen molar-refractivity contribution in [2.45, 2.75) is 31.3 Å². The number of unbranched alkanes of at least 4 members (excludes halogenated alkanes) is 1. The first-order valence-corrected chi connectivity index (χ1v) is 9.02. The molecule has 0 aliphatic rings. The molecule has 1 aromatic heterocycles. The van der Waals surface area contributed by atoms with E-state index in [1.54, 1.807) is 0 Å². The SMILES string of the molecule is CCCCSc1c(-c2ccccc2)nnn1Cc1ccccc1. The van der Waals surface area contributed by atoms with Crippen LogP contribution in [0.1, 0.15) is 25.3 Å². The Hall–Kier alpha value is -2.07. The summed E-state index contributed by atoms with van der Waals surface area (Å²) in [5.41, 5.74) is 3.36. The fourth-order valence-corrected chi connectivity index (χ4v) is 3.57. The van der Waals surface area contributed by atoms with Gasteiger partial charge in [0, 0.05) is 5.56 Å². The molecule has 0 bridgehead atoms. The Morgan fingerprint density at radius 1 is 0.957 bits per heavy atom. The molecule has 118 valence electrons. The summed E-state index contributed by atoms with van der Waals surface area (Å²) in [5.74, 6) is 1.10. The van der Waals surface area contributed by atoms with Gasteiger partial charge < -0.3 is 0 Å². The Morgan fingerprint density at radius 2 is 1.65 bits per heavy atom. The highest BCUT2D eigenvalue weighted by molar-refractivity contribution is 7.99. The summed E-state index contributed by atoms with van der Waals surface area (Å²) < 4.78 is 2.03. The Labute approximate surface area is 141 Å². The molecule has 0 N–H and O–H groups in total. The summed E-state index contributed by atoms with van der Waals surface area (Å²) in [7, 11) is 0. The molecule has 1 heterocycles. The van der Waals surface area contributed by atoms with E-state index >= 15 is 0 Å². The van der Waals surface area contributed by atoms with Gasteiger partial charge in [-0.05, 0) is 17.7 Å². The van der Waals surface area contributed by atoms with E-state index in [0.717, 1.165) is 28.6 Å². The maximum absolute atomic E-state index is 4.45. The van der Waals surface area contributed by atoms with Gasteiger partial charge in [0.2, 0.25) is 0 Å². The molecule has 0 saturated carbocycles. The van der Waals surface area contributed by atoms with Gasteiger partial charge in [-0.25, -0.2) is 4.68 Å². The van der Waals surface area contributed by atoms with Crippen molar-refractivity contribution in [2.75, 3.05) is 5.75 Å². The summed E-state index contributed by atoms with van der Waals surface area (Å²) in [5, 5.41) is 10.0. The molecule has 2 aromatic carbocycles. The first-order chi connectivity index (χ1) is 11.4. The van der Waals surface area contributed by atoms with Crippen LogP contribution in [0.3, 0.4) is 0 Å². The quantitative estimate of drug-likeness (QED) is 0.458. The lowest BCUT2D eigenvalue weighted by molar-refractivity contribution is 0.604. The third-order valence-electron chi connectivity index (χ3n) is 3.65. The molecule has 0 radical (unpaired) electrons. The number of thioether (sulfide) groups is 1. The topological polar surface area (TPSA) is 30.7 Å². The zero-order valence-electron chi connectivity index (χ0n) is 13.4. The molecular formula is C19H21N3S. The molecular weight excluding hydrogens is 302 g/mol. The molecule has 0 atom stereocenters. The van der Waals surface area contributed by atoms with Crippen LogP contribution in [0.2, 0.25) is 0 Å². The van der Waals surface area contributed by atoms with Crippen molar-refractivity contribution in [2.24, 2.45) is 0 Å². The Morgan fingerprint density at radius 3 is 2.35 bits per heavy atom. The Bertz CT molecular complexity index is 723. The summed E-state index contributed by atoms with van der Waals surface area (Å²) in [6.07, 6.45) is 2.41. The van der Waals surface area contributed by atoms with E-state index in [4.69, 9.17) is 0 Å². The van der Waals surface area contributed by atoms with Crippen LogP contribution in [-0.2, 0) is 6.54 Å². The number of hydrogen-bond acceptors (Lipinski definition) is 3. The predicted molar refractivity (Wildman–Crippen MR) is 96.6 cm³/mol. The highest BCUT2D eigenvalue weighted by Gasteiger charge is 2.15. The third kappa shape index (κ3) is 4.02. The molecule has 0 spiro atoms. The molecule has 23 heavy (non-hydrogen) atoms. The lowest BCUT2D eigenvalue weighted by Gasteiger charge is -2.08. The minimum atomic E-state index is 0.759. The normalized spacial score (nSPS) is 10.8. The molecule has 0 unspecified atom stereocenters. The lowest BCUT2D eigenvalue weighted by atomic mass is 10.2. The first kappa shape index (κ1) is 15.8. The van der Waals surface area contributed by atoms with E-state index in [-0.39, 0.29) is 0 Å². The van der Waals surface area contributed by atoms with Crippen molar-refractivity contribution in [1.29, 1.82) is 0 Å². The minimum absolute atomic E-state index is 0.759. The molecule has 3 nitrogen and oxygen atoms in total. The van der Waals surface area contributed by atoms with Crippen LogP contribution in [-0.4, -0.2) is 20.7 Å². The van der Waals surface area contributed by atoms with Gasteiger partial charge in [-0.15, -0.1) is 16.9 Å². The number of aromatic nitrogens is 3. The molecule has 4 heteroatoms. The zero-order valence-corrected chi connectivity index (χ0v) is 14.2. The van der Waals surface area contributed by atoms with E-state index < -0.39 is 0 Å².